The van der Waals surface area contributed by atoms with Crippen LogP contribution in [-0.4, -0.2) is 14.5 Å². The van der Waals surface area contributed by atoms with Crippen LogP contribution >= 0.6 is 0 Å². The van der Waals surface area contributed by atoms with Crippen molar-refractivity contribution >= 4 is 15.9 Å². The first-order valence-electron chi connectivity index (χ1n) is 5.98. The Balaban J connectivity index is 2.54. The van der Waals surface area contributed by atoms with Crippen molar-refractivity contribution < 1.29 is 13.2 Å². The third-order valence-corrected chi connectivity index (χ3v) is 4.79. The molecular formula is C15H13NO3S. The van der Waals surface area contributed by atoms with Crippen LogP contribution in [0.2, 0.25) is 0 Å². The number of aryl methyl sites for hydroxylation is 1. The predicted molar refractivity (Wildman–Crippen MR) is 75.7 cm³/mol. The largest absolute Gasteiger partial charge is 0.236 e. The van der Waals surface area contributed by atoms with Gasteiger partial charge in [0.25, 0.3) is 0 Å². The summed E-state index contributed by atoms with van der Waals surface area (Å²) in [5, 5.41) is -1.26. The Morgan fingerprint density at radius 3 is 2.15 bits per heavy atom. The van der Waals surface area contributed by atoms with Gasteiger partial charge in [-0.3, -0.25) is 0 Å². The average molecular weight is 287 g/mol. The SMILES string of the molecule is Cc1ccc(S(=O)(=O)C(N=C=O)c2ccccc2)cc1. The van der Waals surface area contributed by atoms with Crippen LogP contribution in [0.25, 0.3) is 0 Å². The number of sulfone groups is 1. The van der Waals surface area contributed by atoms with Crippen molar-refractivity contribution in [3.05, 3.63) is 65.7 Å². The Kier molecular flexibility index (Phi) is 4.13. The lowest BCUT2D eigenvalue weighted by atomic mass is 10.2. The van der Waals surface area contributed by atoms with Crippen molar-refractivity contribution in [2.75, 3.05) is 0 Å². The second-order valence-electron chi connectivity index (χ2n) is 4.34. The zero-order valence-corrected chi connectivity index (χ0v) is 11.7. The fourth-order valence-corrected chi connectivity index (χ4v) is 3.32. The second-order valence-corrected chi connectivity index (χ2v) is 6.35. The van der Waals surface area contributed by atoms with Gasteiger partial charge in [0.1, 0.15) is 0 Å². The first-order valence-corrected chi connectivity index (χ1v) is 7.53. The third kappa shape index (κ3) is 2.85. The quantitative estimate of drug-likeness (QED) is 0.641. The highest BCUT2D eigenvalue weighted by Crippen LogP contribution is 2.29. The van der Waals surface area contributed by atoms with Gasteiger partial charge in [-0.2, -0.15) is 4.99 Å². The molecule has 0 bridgehead atoms. The van der Waals surface area contributed by atoms with Gasteiger partial charge in [-0.05, 0) is 24.6 Å². The Morgan fingerprint density at radius 2 is 1.60 bits per heavy atom. The standard InChI is InChI=1S/C15H13NO3S/c1-12-7-9-14(10-8-12)20(18,19)15(16-11-17)13-5-3-2-4-6-13/h2-10,15H,1H3. The molecule has 0 aromatic heterocycles. The van der Waals surface area contributed by atoms with E-state index in [1.807, 2.05) is 6.92 Å². The Labute approximate surface area is 117 Å². The molecule has 1 unspecified atom stereocenters. The lowest BCUT2D eigenvalue weighted by Crippen LogP contribution is -2.12. The van der Waals surface area contributed by atoms with Crippen molar-refractivity contribution in [2.24, 2.45) is 4.99 Å². The maximum atomic E-state index is 12.6. The van der Waals surface area contributed by atoms with Crippen molar-refractivity contribution in [1.29, 1.82) is 0 Å². The van der Waals surface area contributed by atoms with E-state index in [1.54, 1.807) is 42.5 Å². The monoisotopic (exact) mass is 287 g/mol. The van der Waals surface area contributed by atoms with E-state index in [1.165, 1.54) is 18.2 Å². The molecule has 20 heavy (non-hydrogen) atoms. The molecule has 0 saturated heterocycles. The topological polar surface area (TPSA) is 63.6 Å². The number of rotatable bonds is 4. The fourth-order valence-electron chi connectivity index (χ4n) is 1.85. The fraction of sp³-hybridized carbons (Fsp3) is 0.133. The minimum atomic E-state index is -3.76. The Hall–Kier alpha value is -2.23. The summed E-state index contributed by atoms with van der Waals surface area (Å²) in [4.78, 5) is 14.2. The molecule has 0 N–H and O–H groups in total. The second kappa shape index (κ2) is 5.82. The Morgan fingerprint density at radius 1 is 1.00 bits per heavy atom. The molecule has 5 heteroatoms. The van der Waals surface area contributed by atoms with E-state index in [0.29, 0.717) is 5.56 Å². The molecule has 0 aliphatic carbocycles. The minimum Gasteiger partial charge on any atom is -0.221 e. The van der Waals surface area contributed by atoms with E-state index < -0.39 is 15.2 Å². The lowest BCUT2D eigenvalue weighted by molar-refractivity contribution is 0.557. The highest BCUT2D eigenvalue weighted by molar-refractivity contribution is 7.91. The Bertz CT molecular complexity index is 730. The van der Waals surface area contributed by atoms with Crippen molar-refractivity contribution in [1.82, 2.24) is 0 Å². The number of isocyanates is 1. The van der Waals surface area contributed by atoms with Crippen LogP contribution in [-0.2, 0) is 14.6 Å². The number of hydrogen-bond acceptors (Lipinski definition) is 4. The van der Waals surface area contributed by atoms with Crippen molar-refractivity contribution in [3.8, 4) is 0 Å². The van der Waals surface area contributed by atoms with Gasteiger partial charge in [-0.15, -0.1) is 0 Å². The van der Waals surface area contributed by atoms with E-state index in [-0.39, 0.29) is 4.90 Å². The minimum absolute atomic E-state index is 0.135. The van der Waals surface area contributed by atoms with E-state index in [4.69, 9.17) is 0 Å². The highest BCUT2D eigenvalue weighted by atomic mass is 32.2. The zero-order valence-electron chi connectivity index (χ0n) is 10.9. The molecule has 2 rings (SSSR count). The summed E-state index contributed by atoms with van der Waals surface area (Å²) in [5.74, 6) is 0. The van der Waals surface area contributed by atoms with Crippen molar-refractivity contribution in [3.63, 3.8) is 0 Å². The van der Waals surface area contributed by atoms with Gasteiger partial charge >= 0.3 is 0 Å². The van der Waals surface area contributed by atoms with Crippen LogP contribution in [0.3, 0.4) is 0 Å². The third-order valence-electron chi connectivity index (χ3n) is 2.90. The van der Waals surface area contributed by atoms with Crippen LogP contribution in [0.5, 0.6) is 0 Å². The van der Waals surface area contributed by atoms with Crippen LogP contribution < -0.4 is 0 Å². The molecule has 0 heterocycles. The summed E-state index contributed by atoms with van der Waals surface area (Å²) < 4.78 is 25.1. The summed E-state index contributed by atoms with van der Waals surface area (Å²) in [6.45, 7) is 1.87. The van der Waals surface area contributed by atoms with Gasteiger partial charge in [0.2, 0.25) is 15.9 Å². The van der Waals surface area contributed by atoms with Crippen LogP contribution in [0, 0.1) is 6.92 Å². The summed E-state index contributed by atoms with van der Waals surface area (Å²) in [6, 6.07) is 14.9. The predicted octanol–water partition coefficient (Wildman–Crippen LogP) is 2.80. The van der Waals surface area contributed by atoms with Gasteiger partial charge in [0.15, 0.2) is 5.37 Å². The van der Waals surface area contributed by atoms with Gasteiger partial charge in [-0.25, -0.2) is 13.2 Å². The van der Waals surface area contributed by atoms with Crippen molar-refractivity contribution in [2.45, 2.75) is 17.2 Å². The molecule has 0 fully saturated rings. The molecule has 0 saturated carbocycles. The van der Waals surface area contributed by atoms with E-state index in [2.05, 4.69) is 4.99 Å². The summed E-state index contributed by atoms with van der Waals surface area (Å²) >= 11 is 0. The van der Waals surface area contributed by atoms with Crippen LogP contribution in [0.1, 0.15) is 16.5 Å². The summed E-state index contributed by atoms with van der Waals surface area (Å²) in [6.07, 6.45) is 1.35. The maximum absolute atomic E-state index is 12.6. The van der Waals surface area contributed by atoms with Gasteiger partial charge in [-0.1, -0.05) is 48.0 Å². The molecule has 1 atom stereocenters. The number of aliphatic imine (C=N–C) groups is 1. The number of hydrogen-bond donors (Lipinski definition) is 0. The smallest absolute Gasteiger partial charge is 0.221 e. The summed E-state index contributed by atoms with van der Waals surface area (Å²) in [5.41, 5.74) is 1.40. The molecule has 102 valence electrons. The summed E-state index contributed by atoms with van der Waals surface area (Å²) in [7, 11) is -3.76. The number of benzene rings is 2. The van der Waals surface area contributed by atoms with Gasteiger partial charge in [0.05, 0.1) is 4.90 Å². The molecular weight excluding hydrogens is 274 g/mol. The zero-order chi connectivity index (χ0) is 14.6. The lowest BCUT2D eigenvalue weighted by Gasteiger charge is -2.12. The molecule has 0 aliphatic rings. The molecule has 0 spiro atoms. The highest BCUT2D eigenvalue weighted by Gasteiger charge is 2.28. The number of nitrogens with zero attached hydrogens (tertiary/aromatic N) is 1. The van der Waals surface area contributed by atoms with Gasteiger partial charge < -0.3 is 0 Å². The first kappa shape index (κ1) is 14.2. The molecule has 0 radical (unpaired) electrons. The first-order chi connectivity index (χ1) is 9.55. The van der Waals surface area contributed by atoms with Crippen LogP contribution in [0.15, 0.2) is 64.5 Å². The number of carbonyl (C=O) groups excluding carboxylic acids is 1. The average Bonchev–Trinajstić information content (AvgIpc) is 2.46. The molecule has 0 aliphatic heterocycles. The van der Waals surface area contributed by atoms with E-state index in [9.17, 15) is 13.2 Å². The normalized spacial score (nSPS) is 12.4. The molecule has 2 aromatic carbocycles. The molecule has 2 aromatic rings. The van der Waals surface area contributed by atoms with E-state index >= 15 is 0 Å². The van der Waals surface area contributed by atoms with Crippen LogP contribution in [0.4, 0.5) is 0 Å². The molecule has 4 nitrogen and oxygen atoms in total. The molecule has 0 amide bonds. The maximum Gasteiger partial charge on any atom is 0.236 e. The van der Waals surface area contributed by atoms with E-state index in [0.717, 1.165) is 5.56 Å². The van der Waals surface area contributed by atoms with Gasteiger partial charge in [0, 0.05) is 0 Å².